The lowest BCUT2D eigenvalue weighted by atomic mass is 9.99. The van der Waals surface area contributed by atoms with Gasteiger partial charge >= 0.3 is 0 Å². The molecule has 0 aliphatic carbocycles. The summed E-state index contributed by atoms with van der Waals surface area (Å²) in [5.41, 5.74) is 4.28. The maximum Gasteiger partial charge on any atom is 0.241 e. The van der Waals surface area contributed by atoms with Crippen molar-refractivity contribution in [2.45, 2.75) is 45.3 Å². The van der Waals surface area contributed by atoms with Crippen LogP contribution in [0.15, 0.2) is 48.5 Å². The second-order valence-electron chi connectivity index (χ2n) is 8.61. The highest BCUT2D eigenvalue weighted by molar-refractivity contribution is 7.91. The Morgan fingerprint density at radius 2 is 1.59 bits per heavy atom. The van der Waals surface area contributed by atoms with Gasteiger partial charge in [0.05, 0.1) is 24.1 Å². The zero-order valence-corrected chi connectivity index (χ0v) is 18.0. The molecule has 2 atom stereocenters. The molecule has 0 aromatic heterocycles. The molecule has 2 aliphatic rings. The van der Waals surface area contributed by atoms with Crippen molar-refractivity contribution in [3.8, 4) is 0 Å². The first-order valence-electron chi connectivity index (χ1n) is 10.2. The van der Waals surface area contributed by atoms with E-state index in [1.807, 2.05) is 48.2 Å². The van der Waals surface area contributed by atoms with E-state index in [9.17, 15) is 13.2 Å². The van der Waals surface area contributed by atoms with Crippen LogP contribution in [0.4, 0.5) is 5.69 Å². The topological polar surface area (TPSA) is 57.7 Å². The number of fused-ring (bicyclic) bond motifs is 1. The van der Waals surface area contributed by atoms with Gasteiger partial charge in [0.2, 0.25) is 5.91 Å². The number of piperazine rings is 1. The Balaban J connectivity index is 1.63. The van der Waals surface area contributed by atoms with Crippen LogP contribution in [0.3, 0.4) is 0 Å². The minimum atomic E-state index is -3.18. The zero-order chi connectivity index (χ0) is 20.8. The van der Waals surface area contributed by atoms with Gasteiger partial charge in [-0.05, 0) is 36.1 Å². The smallest absolute Gasteiger partial charge is 0.241 e. The normalized spacial score (nSPS) is 24.1. The average molecular weight is 413 g/mol. The van der Waals surface area contributed by atoms with E-state index < -0.39 is 9.84 Å². The van der Waals surface area contributed by atoms with Crippen molar-refractivity contribution < 1.29 is 13.2 Å². The van der Waals surface area contributed by atoms with Crippen molar-refractivity contribution in [1.29, 1.82) is 0 Å². The number of hydrogen-bond donors (Lipinski definition) is 0. The molecule has 5 nitrogen and oxygen atoms in total. The number of anilines is 1. The summed E-state index contributed by atoms with van der Waals surface area (Å²) < 4.78 is 25.0. The van der Waals surface area contributed by atoms with Gasteiger partial charge in [-0.3, -0.25) is 9.69 Å². The number of hydrogen-bond acceptors (Lipinski definition) is 4. The van der Waals surface area contributed by atoms with Crippen LogP contribution in [-0.4, -0.2) is 49.4 Å². The van der Waals surface area contributed by atoms with Crippen LogP contribution in [0.25, 0.3) is 0 Å². The van der Waals surface area contributed by atoms with Crippen molar-refractivity contribution in [2.24, 2.45) is 0 Å². The summed E-state index contributed by atoms with van der Waals surface area (Å²) in [6, 6.07) is 15.6. The Kier molecular flexibility index (Phi) is 5.25. The molecular weight excluding hydrogens is 384 g/mol. The molecule has 2 saturated heterocycles. The first-order valence-corrected chi connectivity index (χ1v) is 12.0. The molecule has 2 heterocycles. The van der Waals surface area contributed by atoms with Crippen molar-refractivity contribution >= 4 is 21.4 Å². The van der Waals surface area contributed by atoms with Crippen LogP contribution >= 0.6 is 0 Å². The predicted molar refractivity (Wildman–Crippen MR) is 116 cm³/mol. The van der Waals surface area contributed by atoms with Crippen molar-refractivity contribution in [3.63, 3.8) is 0 Å². The van der Waals surface area contributed by atoms with Gasteiger partial charge in [0.25, 0.3) is 0 Å². The number of rotatable bonds is 4. The molecule has 2 fully saturated rings. The van der Waals surface area contributed by atoms with E-state index >= 15 is 0 Å². The number of nitrogens with zero attached hydrogens (tertiary/aromatic N) is 2. The molecule has 0 saturated carbocycles. The average Bonchev–Trinajstić information content (AvgIpc) is 2.99. The highest BCUT2D eigenvalue weighted by atomic mass is 32.2. The molecule has 0 unspecified atom stereocenters. The van der Waals surface area contributed by atoms with Crippen LogP contribution in [0.2, 0.25) is 0 Å². The van der Waals surface area contributed by atoms with E-state index in [1.165, 1.54) is 11.1 Å². The molecule has 2 aromatic carbocycles. The van der Waals surface area contributed by atoms with Crippen LogP contribution in [0.5, 0.6) is 0 Å². The Morgan fingerprint density at radius 3 is 2.21 bits per heavy atom. The fourth-order valence-electron chi connectivity index (χ4n) is 4.41. The van der Waals surface area contributed by atoms with E-state index in [0.717, 1.165) is 11.3 Å². The van der Waals surface area contributed by atoms with Gasteiger partial charge in [-0.25, -0.2) is 8.42 Å². The summed E-state index contributed by atoms with van der Waals surface area (Å²) in [7, 11) is -3.18. The number of benzene rings is 2. The lowest BCUT2D eigenvalue weighted by molar-refractivity contribution is -0.123. The van der Waals surface area contributed by atoms with Gasteiger partial charge in [0, 0.05) is 18.3 Å². The number of aryl methyl sites for hydroxylation is 1. The van der Waals surface area contributed by atoms with Gasteiger partial charge in [-0.1, -0.05) is 55.8 Å². The summed E-state index contributed by atoms with van der Waals surface area (Å²) >= 11 is 0. The molecule has 2 aromatic rings. The third-order valence-corrected chi connectivity index (χ3v) is 7.74. The van der Waals surface area contributed by atoms with Crippen molar-refractivity contribution in [1.82, 2.24) is 4.90 Å². The fraction of sp³-hybridized carbons (Fsp3) is 0.435. The standard InChI is InChI=1S/C23H28N2O3S/c1-16(2)19-8-10-20(11-9-19)25-22-15-29(27,28)14-21(22)24(13-23(25)26)12-18-6-4-17(3)5-7-18/h4-11,16,21-22H,12-15H2,1-3H3/t21-,22+/m0/s1. The van der Waals surface area contributed by atoms with Crippen molar-refractivity contribution in [2.75, 3.05) is 23.0 Å². The van der Waals surface area contributed by atoms with Gasteiger partial charge in [0.15, 0.2) is 9.84 Å². The quantitative estimate of drug-likeness (QED) is 0.774. The maximum absolute atomic E-state index is 13.1. The largest absolute Gasteiger partial charge is 0.306 e. The van der Waals surface area contributed by atoms with E-state index in [1.54, 1.807) is 4.90 Å². The second kappa shape index (κ2) is 7.58. The molecule has 0 N–H and O–H groups in total. The van der Waals surface area contributed by atoms with E-state index in [0.29, 0.717) is 12.5 Å². The summed E-state index contributed by atoms with van der Waals surface area (Å²) in [6.45, 7) is 7.11. The van der Waals surface area contributed by atoms with Crippen molar-refractivity contribution in [3.05, 3.63) is 65.2 Å². The van der Waals surface area contributed by atoms with Crippen LogP contribution < -0.4 is 4.90 Å². The van der Waals surface area contributed by atoms with Crippen LogP contribution in [0, 0.1) is 6.92 Å². The summed E-state index contributed by atoms with van der Waals surface area (Å²) in [4.78, 5) is 16.9. The van der Waals surface area contributed by atoms with Gasteiger partial charge in [-0.2, -0.15) is 0 Å². The first-order chi connectivity index (χ1) is 13.7. The van der Waals surface area contributed by atoms with E-state index in [2.05, 4.69) is 26.0 Å². The Labute approximate surface area is 173 Å². The highest BCUT2D eigenvalue weighted by Gasteiger charge is 2.49. The highest BCUT2D eigenvalue weighted by Crippen LogP contribution is 2.33. The Morgan fingerprint density at radius 1 is 0.966 bits per heavy atom. The van der Waals surface area contributed by atoms with E-state index in [4.69, 9.17) is 0 Å². The number of amides is 1. The SMILES string of the molecule is Cc1ccc(CN2CC(=O)N(c3ccc(C(C)C)cc3)[C@@H]3CS(=O)(=O)C[C@@H]32)cc1. The number of carbonyl (C=O) groups is 1. The minimum Gasteiger partial charge on any atom is -0.306 e. The minimum absolute atomic E-state index is 0.0275. The summed E-state index contributed by atoms with van der Waals surface area (Å²) in [6.07, 6.45) is 0. The van der Waals surface area contributed by atoms with Crippen LogP contribution in [-0.2, 0) is 21.2 Å². The zero-order valence-electron chi connectivity index (χ0n) is 17.2. The third-order valence-electron chi connectivity index (χ3n) is 6.05. The molecule has 2 aliphatic heterocycles. The van der Waals surface area contributed by atoms with Gasteiger partial charge in [-0.15, -0.1) is 0 Å². The summed E-state index contributed by atoms with van der Waals surface area (Å²) in [5.74, 6) is 0.510. The number of sulfone groups is 1. The lowest BCUT2D eigenvalue weighted by Crippen LogP contribution is -2.61. The second-order valence-corrected chi connectivity index (χ2v) is 10.8. The van der Waals surface area contributed by atoms with Gasteiger partial charge in [0.1, 0.15) is 0 Å². The van der Waals surface area contributed by atoms with E-state index in [-0.39, 0.29) is 36.0 Å². The van der Waals surface area contributed by atoms with Crippen LogP contribution in [0.1, 0.15) is 36.5 Å². The molecule has 1 amide bonds. The predicted octanol–water partition coefficient (Wildman–Crippen LogP) is 3.13. The first kappa shape index (κ1) is 20.1. The monoisotopic (exact) mass is 412 g/mol. The Bertz CT molecular complexity index is 997. The molecule has 6 heteroatoms. The third kappa shape index (κ3) is 4.09. The fourth-order valence-corrected chi connectivity index (χ4v) is 6.40. The molecule has 0 radical (unpaired) electrons. The molecule has 0 spiro atoms. The molecule has 0 bridgehead atoms. The molecule has 4 rings (SSSR count). The molecule has 154 valence electrons. The summed E-state index contributed by atoms with van der Waals surface area (Å²) in [5, 5.41) is 0. The van der Waals surface area contributed by atoms with Gasteiger partial charge < -0.3 is 4.90 Å². The number of carbonyl (C=O) groups excluding carboxylic acids is 1. The lowest BCUT2D eigenvalue weighted by Gasteiger charge is -2.43. The molecule has 29 heavy (non-hydrogen) atoms. The maximum atomic E-state index is 13.1. The molecular formula is C23H28N2O3S. The Hall–Kier alpha value is -2.18.